The first-order chi connectivity index (χ1) is 13.8. The van der Waals surface area contributed by atoms with E-state index in [0.29, 0.717) is 12.2 Å². The monoisotopic (exact) mass is 408 g/mol. The van der Waals surface area contributed by atoms with Gasteiger partial charge in [0.15, 0.2) is 0 Å². The maximum Gasteiger partial charge on any atom is 0.319 e. The highest BCUT2D eigenvalue weighted by atomic mass is 19.3. The molecule has 154 valence electrons. The lowest BCUT2D eigenvalue weighted by atomic mass is 10.3. The maximum absolute atomic E-state index is 13.0. The van der Waals surface area contributed by atoms with E-state index in [1.54, 1.807) is 21.8 Å². The van der Waals surface area contributed by atoms with Crippen molar-refractivity contribution >= 4 is 17.3 Å². The number of aromatic nitrogens is 6. The van der Waals surface area contributed by atoms with Gasteiger partial charge in [-0.3, -0.25) is 29.0 Å². The summed E-state index contributed by atoms with van der Waals surface area (Å²) in [6, 6.07) is 0. The molecule has 11 nitrogen and oxygen atoms in total. The summed E-state index contributed by atoms with van der Waals surface area (Å²) in [5.41, 5.74) is -0.531. The van der Waals surface area contributed by atoms with Crippen molar-refractivity contribution in [1.29, 1.82) is 0 Å². The Bertz CT molecular complexity index is 1040. The lowest BCUT2D eigenvalue weighted by Crippen LogP contribution is -2.20. The summed E-state index contributed by atoms with van der Waals surface area (Å²) < 4.78 is 30.2. The normalized spacial score (nSPS) is 11.2. The van der Waals surface area contributed by atoms with Crippen molar-refractivity contribution < 1.29 is 18.5 Å². The smallest absolute Gasteiger partial charge is 0.319 e. The van der Waals surface area contributed by atoms with Crippen molar-refractivity contribution in [3.05, 3.63) is 51.9 Å². The third-order valence-electron chi connectivity index (χ3n) is 4.16. The molecule has 0 saturated carbocycles. The Morgan fingerprint density at radius 3 is 2.59 bits per heavy atom. The highest BCUT2D eigenvalue weighted by Gasteiger charge is 2.31. The van der Waals surface area contributed by atoms with Crippen LogP contribution in [-0.4, -0.2) is 40.2 Å². The van der Waals surface area contributed by atoms with E-state index in [2.05, 4.69) is 20.6 Å². The maximum atomic E-state index is 13.0. The fraction of sp³-hybridized carbons (Fsp3) is 0.375. The average molecular weight is 408 g/mol. The van der Waals surface area contributed by atoms with Crippen molar-refractivity contribution in [2.24, 2.45) is 0 Å². The van der Waals surface area contributed by atoms with Crippen LogP contribution in [0.25, 0.3) is 0 Å². The molecular weight excluding hydrogens is 390 g/mol. The van der Waals surface area contributed by atoms with Crippen LogP contribution in [0.3, 0.4) is 0 Å². The quantitative estimate of drug-likeness (QED) is 0.450. The minimum Gasteiger partial charge on any atom is -0.322 e. The molecule has 13 heteroatoms. The molecule has 1 N–H and O–H groups in total. The number of anilines is 1. The van der Waals surface area contributed by atoms with Crippen LogP contribution in [0.4, 0.5) is 20.2 Å². The van der Waals surface area contributed by atoms with E-state index in [9.17, 15) is 23.7 Å². The minimum absolute atomic E-state index is 0.121. The molecule has 0 radical (unpaired) electrons. The summed E-state index contributed by atoms with van der Waals surface area (Å²) in [4.78, 5) is 22.3. The number of nitro groups is 1. The zero-order chi connectivity index (χ0) is 21.1. The van der Waals surface area contributed by atoms with Gasteiger partial charge in [-0.2, -0.15) is 15.3 Å². The van der Waals surface area contributed by atoms with Crippen LogP contribution < -0.4 is 5.32 Å². The van der Waals surface area contributed by atoms with Crippen LogP contribution in [0.15, 0.2) is 24.8 Å². The number of alkyl halides is 2. The Balaban J connectivity index is 1.66. The summed E-state index contributed by atoms with van der Waals surface area (Å²) in [7, 11) is 0. The molecule has 0 aliphatic rings. The van der Waals surface area contributed by atoms with Gasteiger partial charge in [-0.1, -0.05) is 0 Å². The molecule has 0 saturated heterocycles. The van der Waals surface area contributed by atoms with E-state index in [-0.39, 0.29) is 5.69 Å². The molecule has 0 bridgehead atoms. The van der Waals surface area contributed by atoms with E-state index in [4.69, 9.17) is 0 Å². The topological polar surface area (TPSA) is 126 Å². The van der Waals surface area contributed by atoms with E-state index >= 15 is 0 Å². The van der Waals surface area contributed by atoms with Gasteiger partial charge < -0.3 is 5.32 Å². The predicted octanol–water partition coefficient (Wildman–Crippen LogP) is 2.14. The molecule has 3 rings (SSSR count). The first-order valence-corrected chi connectivity index (χ1v) is 8.62. The van der Waals surface area contributed by atoms with E-state index < -0.39 is 35.2 Å². The summed E-state index contributed by atoms with van der Waals surface area (Å²) in [5.74, 6) is -0.579. The number of hydrogen-bond donors (Lipinski definition) is 1. The summed E-state index contributed by atoms with van der Waals surface area (Å²) in [5, 5.41) is 25.4. The minimum atomic E-state index is -3.12. The standard InChI is InChI=1S/C16H18F2N8O3/c1-3-23-6-11(4-19-23)7-24-8-12(5-20-24)21-13(27)9-25-10(2)15(26(28)29)14(22-25)16(17)18/h4-6,8,16H,3,7,9H2,1-2H3,(H,21,27). The number of aryl methyl sites for hydroxylation is 1. The van der Waals surface area contributed by atoms with Crippen LogP contribution >= 0.6 is 0 Å². The van der Waals surface area contributed by atoms with Gasteiger partial charge in [0.2, 0.25) is 11.6 Å². The number of halogens is 2. The Morgan fingerprint density at radius 1 is 1.28 bits per heavy atom. The molecular formula is C16H18F2N8O3. The second-order valence-electron chi connectivity index (χ2n) is 6.21. The SMILES string of the molecule is CCn1cc(Cn2cc(NC(=O)Cn3nc(C(F)F)c([N+](=O)[O-])c3C)cn2)cn1. The van der Waals surface area contributed by atoms with Crippen LogP contribution in [-0.2, 0) is 24.4 Å². The number of hydrogen-bond acceptors (Lipinski definition) is 6. The first-order valence-electron chi connectivity index (χ1n) is 8.62. The number of nitrogens with one attached hydrogen (secondary N) is 1. The van der Waals surface area contributed by atoms with Gasteiger partial charge in [0.1, 0.15) is 12.2 Å². The number of rotatable bonds is 8. The molecule has 0 spiro atoms. The average Bonchev–Trinajstić information content (AvgIpc) is 3.35. The zero-order valence-corrected chi connectivity index (χ0v) is 15.6. The van der Waals surface area contributed by atoms with E-state index in [1.165, 1.54) is 13.1 Å². The van der Waals surface area contributed by atoms with Crippen LogP contribution in [0.2, 0.25) is 0 Å². The van der Waals surface area contributed by atoms with Crippen molar-refractivity contribution in [2.75, 3.05) is 5.32 Å². The molecule has 3 aromatic rings. The number of nitrogens with zero attached hydrogens (tertiary/aromatic N) is 7. The molecule has 1 amide bonds. The molecule has 0 atom stereocenters. The fourth-order valence-corrected chi connectivity index (χ4v) is 2.79. The third-order valence-corrected chi connectivity index (χ3v) is 4.16. The summed E-state index contributed by atoms with van der Waals surface area (Å²) >= 11 is 0. The van der Waals surface area contributed by atoms with Crippen LogP contribution in [0.1, 0.15) is 30.3 Å². The van der Waals surface area contributed by atoms with Gasteiger partial charge in [-0.05, 0) is 13.8 Å². The zero-order valence-electron chi connectivity index (χ0n) is 15.6. The van der Waals surface area contributed by atoms with Crippen LogP contribution in [0.5, 0.6) is 0 Å². The molecule has 0 aromatic carbocycles. The van der Waals surface area contributed by atoms with Crippen molar-refractivity contribution in [2.45, 2.75) is 39.9 Å². The van der Waals surface area contributed by atoms with Gasteiger partial charge in [0.05, 0.1) is 29.5 Å². The highest BCUT2D eigenvalue weighted by Crippen LogP contribution is 2.30. The Kier molecular flexibility index (Phi) is 5.66. The van der Waals surface area contributed by atoms with Crippen molar-refractivity contribution in [1.82, 2.24) is 29.3 Å². The second kappa shape index (κ2) is 8.16. The second-order valence-corrected chi connectivity index (χ2v) is 6.21. The van der Waals surface area contributed by atoms with Gasteiger partial charge in [0.25, 0.3) is 6.43 Å². The van der Waals surface area contributed by atoms with Gasteiger partial charge >= 0.3 is 5.69 Å². The molecule has 0 unspecified atom stereocenters. The fourth-order valence-electron chi connectivity index (χ4n) is 2.79. The molecule has 0 aliphatic carbocycles. The van der Waals surface area contributed by atoms with Crippen molar-refractivity contribution in [3.63, 3.8) is 0 Å². The lowest BCUT2D eigenvalue weighted by Gasteiger charge is -2.04. The van der Waals surface area contributed by atoms with Gasteiger partial charge in [-0.15, -0.1) is 0 Å². The number of carbonyl (C=O) groups excluding carboxylic acids is 1. The molecule has 29 heavy (non-hydrogen) atoms. The molecule has 0 aliphatic heterocycles. The van der Waals surface area contributed by atoms with Gasteiger partial charge in [0, 0.05) is 24.5 Å². The molecule has 0 fully saturated rings. The lowest BCUT2D eigenvalue weighted by molar-refractivity contribution is -0.386. The van der Waals surface area contributed by atoms with E-state index in [0.717, 1.165) is 16.8 Å². The van der Waals surface area contributed by atoms with Crippen LogP contribution in [0, 0.1) is 17.0 Å². The Morgan fingerprint density at radius 2 is 2.00 bits per heavy atom. The third kappa shape index (κ3) is 4.44. The summed E-state index contributed by atoms with van der Waals surface area (Å²) in [6.45, 7) is 3.99. The summed E-state index contributed by atoms with van der Waals surface area (Å²) in [6.07, 6.45) is 3.52. The first kappa shape index (κ1) is 20.1. The number of amides is 1. The predicted molar refractivity (Wildman–Crippen MR) is 96.4 cm³/mol. The number of carbonyl (C=O) groups is 1. The Labute approximate surface area is 163 Å². The largest absolute Gasteiger partial charge is 0.322 e. The molecule has 3 aromatic heterocycles. The highest BCUT2D eigenvalue weighted by molar-refractivity contribution is 5.90. The van der Waals surface area contributed by atoms with Gasteiger partial charge in [-0.25, -0.2) is 8.78 Å². The van der Waals surface area contributed by atoms with Crippen molar-refractivity contribution in [3.8, 4) is 0 Å². The molecule has 3 heterocycles. The Hall–Kier alpha value is -3.64. The van der Waals surface area contributed by atoms with E-state index in [1.807, 2.05) is 13.1 Å².